The fourth-order valence-electron chi connectivity index (χ4n) is 4.22. The molecule has 2 atom stereocenters. The van der Waals surface area contributed by atoms with Crippen molar-refractivity contribution in [1.82, 2.24) is 5.32 Å². The van der Waals surface area contributed by atoms with Gasteiger partial charge in [-0.2, -0.15) is 0 Å². The van der Waals surface area contributed by atoms with E-state index in [1.165, 1.54) is 12.6 Å². The number of allylic oxidation sites excluding steroid dienone is 3. The zero-order chi connectivity index (χ0) is 26.4. The van der Waals surface area contributed by atoms with E-state index in [4.69, 9.17) is 11.6 Å². The molecule has 2 unspecified atom stereocenters. The van der Waals surface area contributed by atoms with Crippen molar-refractivity contribution < 1.29 is 9.90 Å². The Labute approximate surface area is 214 Å². The lowest BCUT2D eigenvalue weighted by Gasteiger charge is -2.45. The molecule has 0 saturated carbocycles. The summed E-state index contributed by atoms with van der Waals surface area (Å²) >= 11 is 5.99. The molecule has 0 saturated heterocycles. The number of benzene rings is 1. The lowest BCUT2D eigenvalue weighted by Crippen LogP contribution is -2.46. The summed E-state index contributed by atoms with van der Waals surface area (Å²) in [5.74, 6) is 0.548. The van der Waals surface area contributed by atoms with Gasteiger partial charge >= 0.3 is 0 Å². The van der Waals surface area contributed by atoms with E-state index in [1.807, 2.05) is 30.4 Å². The molecule has 4 nitrogen and oxygen atoms in total. The van der Waals surface area contributed by atoms with Crippen LogP contribution in [0, 0.1) is 11.3 Å². The van der Waals surface area contributed by atoms with Crippen molar-refractivity contribution >= 4 is 17.4 Å². The molecular formula is C29H49ClN2O2. The number of carbonyl (C=O) groups excluding carboxylic acids is 1. The van der Waals surface area contributed by atoms with E-state index in [-0.39, 0.29) is 17.2 Å². The summed E-state index contributed by atoms with van der Waals surface area (Å²) in [7, 11) is 1.50. The molecule has 0 spiro atoms. The van der Waals surface area contributed by atoms with Crippen molar-refractivity contribution in [2.45, 2.75) is 98.8 Å². The van der Waals surface area contributed by atoms with E-state index in [1.54, 1.807) is 6.92 Å². The summed E-state index contributed by atoms with van der Waals surface area (Å²) in [5, 5.41) is 15.3. The highest BCUT2D eigenvalue weighted by atomic mass is 35.5. The zero-order valence-corrected chi connectivity index (χ0v) is 23.5. The largest absolute Gasteiger partial charge is 0.385 e. The second-order valence-electron chi connectivity index (χ2n) is 9.85. The van der Waals surface area contributed by atoms with Crippen LogP contribution < -0.4 is 11.1 Å². The first-order valence-corrected chi connectivity index (χ1v) is 13.0. The van der Waals surface area contributed by atoms with Crippen LogP contribution in [-0.2, 0) is 11.3 Å². The van der Waals surface area contributed by atoms with Gasteiger partial charge in [0, 0.05) is 11.6 Å². The van der Waals surface area contributed by atoms with Gasteiger partial charge in [-0.05, 0) is 68.2 Å². The predicted octanol–water partition coefficient (Wildman–Crippen LogP) is 6.76. The number of nitrogens with two attached hydrogens (primary N) is 1. The van der Waals surface area contributed by atoms with E-state index in [0.717, 1.165) is 49.3 Å². The van der Waals surface area contributed by atoms with Crippen molar-refractivity contribution in [2.75, 3.05) is 7.05 Å². The average molecular weight is 493 g/mol. The van der Waals surface area contributed by atoms with Gasteiger partial charge in [-0.3, -0.25) is 4.79 Å². The number of aliphatic hydroxyl groups is 1. The number of rotatable bonds is 10. The molecule has 5 heteroatoms. The first-order chi connectivity index (χ1) is 16.0. The second kappa shape index (κ2) is 16.3. The summed E-state index contributed by atoms with van der Waals surface area (Å²) < 4.78 is 0. The highest BCUT2D eigenvalue weighted by molar-refractivity contribution is 6.29. The highest BCUT2D eigenvalue weighted by Crippen LogP contribution is 2.45. The smallest absolute Gasteiger partial charge is 0.146 e. The molecule has 1 aromatic carbocycles. The van der Waals surface area contributed by atoms with Gasteiger partial charge in [0.25, 0.3) is 0 Å². The van der Waals surface area contributed by atoms with E-state index < -0.39 is 5.60 Å². The van der Waals surface area contributed by atoms with Gasteiger partial charge in [-0.1, -0.05) is 96.0 Å². The first-order valence-electron chi connectivity index (χ1n) is 12.6. The summed E-state index contributed by atoms with van der Waals surface area (Å²) in [6, 6.07) is 10.1. The summed E-state index contributed by atoms with van der Waals surface area (Å²) in [5.41, 5.74) is 6.08. The minimum Gasteiger partial charge on any atom is -0.385 e. The van der Waals surface area contributed by atoms with Crippen LogP contribution in [0.2, 0.25) is 0 Å². The summed E-state index contributed by atoms with van der Waals surface area (Å²) in [6.45, 7) is 15.1. The molecule has 0 bridgehead atoms. The Morgan fingerprint density at radius 3 is 2.12 bits per heavy atom. The number of ketones is 1. The van der Waals surface area contributed by atoms with Crippen LogP contribution in [0.25, 0.3) is 0 Å². The van der Waals surface area contributed by atoms with E-state index in [2.05, 4.69) is 64.7 Å². The monoisotopic (exact) mass is 492 g/mol. The number of Topliss-reactive ketones (excluding diaryl/α,β-unsaturated/α-hetero) is 1. The van der Waals surface area contributed by atoms with E-state index >= 15 is 0 Å². The maximum atomic E-state index is 11.3. The molecule has 0 amide bonds. The fourth-order valence-corrected chi connectivity index (χ4v) is 4.37. The molecule has 2 rings (SSSR count). The molecule has 1 aliphatic rings. The van der Waals surface area contributed by atoms with Gasteiger partial charge in [-0.25, -0.2) is 0 Å². The summed E-state index contributed by atoms with van der Waals surface area (Å²) in [6.07, 6.45) is 8.50. The molecule has 0 aliphatic heterocycles. The third-order valence-corrected chi connectivity index (χ3v) is 7.03. The van der Waals surface area contributed by atoms with Crippen LogP contribution in [-0.4, -0.2) is 29.6 Å². The molecule has 1 aromatic rings. The van der Waals surface area contributed by atoms with Crippen molar-refractivity contribution in [3.05, 3.63) is 58.7 Å². The molecule has 0 aromatic heterocycles. The van der Waals surface area contributed by atoms with Crippen molar-refractivity contribution in [2.24, 2.45) is 17.1 Å². The Balaban J connectivity index is 0.000000601. The second-order valence-corrected chi connectivity index (χ2v) is 10.3. The molecule has 34 heavy (non-hydrogen) atoms. The zero-order valence-electron chi connectivity index (χ0n) is 22.7. The quantitative estimate of drug-likeness (QED) is 0.337. The molecule has 4 N–H and O–H groups in total. The first kappa shape index (κ1) is 32.5. The molecule has 0 heterocycles. The van der Waals surface area contributed by atoms with Gasteiger partial charge in [0.15, 0.2) is 0 Å². The predicted molar refractivity (Wildman–Crippen MR) is 148 cm³/mol. The van der Waals surface area contributed by atoms with Crippen LogP contribution in [0.3, 0.4) is 0 Å². The van der Waals surface area contributed by atoms with Crippen LogP contribution in [0.1, 0.15) is 86.1 Å². The van der Waals surface area contributed by atoms with Crippen LogP contribution in [0.5, 0.6) is 0 Å². The Hall–Kier alpha value is -1.46. The summed E-state index contributed by atoms with van der Waals surface area (Å²) in [4.78, 5) is 11.3. The molecule has 1 aliphatic carbocycles. The SMILES string of the molecule is CC(=O)C(NCc1ccccc1)C(C)C.CCCC(O)(C1=CC=C(Cl)CC1)C(C)(C)CC.CN. The fraction of sp³-hybridized carbons (Fsp3) is 0.621. The Morgan fingerprint density at radius 2 is 1.71 bits per heavy atom. The van der Waals surface area contributed by atoms with Gasteiger partial charge in [0.1, 0.15) is 5.78 Å². The molecule has 194 valence electrons. The number of hydrogen-bond donors (Lipinski definition) is 3. The van der Waals surface area contributed by atoms with Crippen molar-refractivity contribution in [1.29, 1.82) is 0 Å². The average Bonchev–Trinajstić information content (AvgIpc) is 2.81. The van der Waals surface area contributed by atoms with Crippen molar-refractivity contribution in [3.63, 3.8) is 0 Å². The van der Waals surface area contributed by atoms with E-state index in [0.29, 0.717) is 5.92 Å². The van der Waals surface area contributed by atoms with Gasteiger partial charge in [0.05, 0.1) is 11.6 Å². The van der Waals surface area contributed by atoms with Gasteiger partial charge in [-0.15, -0.1) is 0 Å². The lowest BCUT2D eigenvalue weighted by atomic mass is 9.65. The molecule has 0 fully saturated rings. The third kappa shape index (κ3) is 10.0. The van der Waals surface area contributed by atoms with Crippen LogP contribution in [0.15, 0.2) is 53.1 Å². The minimum atomic E-state index is -0.690. The third-order valence-electron chi connectivity index (χ3n) is 6.72. The number of hydrogen-bond acceptors (Lipinski definition) is 4. The Morgan fingerprint density at radius 1 is 1.12 bits per heavy atom. The molecule has 0 radical (unpaired) electrons. The minimum absolute atomic E-state index is 0.0368. The maximum absolute atomic E-state index is 11.3. The van der Waals surface area contributed by atoms with Crippen LogP contribution in [0.4, 0.5) is 0 Å². The highest BCUT2D eigenvalue weighted by Gasteiger charge is 2.44. The number of nitrogens with one attached hydrogen (secondary N) is 1. The van der Waals surface area contributed by atoms with Gasteiger partial charge in [0.2, 0.25) is 0 Å². The van der Waals surface area contributed by atoms with E-state index in [9.17, 15) is 9.90 Å². The topological polar surface area (TPSA) is 75.3 Å². The van der Waals surface area contributed by atoms with Crippen LogP contribution >= 0.6 is 11.6 Å². The Bertz CT molecular complexity index is 772. The maximum Gasteiger partial charge on any atom is 0.146 e. The number of halogens is 1. The Kier molecular flexibility index (Phi) is 15.6. The van der Waals surface area contributed by atoms with Crippen molar-refractivity contribution in [3.8, 4) is 0 Å². The van der Waals surface area contributed by atoms with Gasteiger partial charge < -0.3 is 16.2 Å². The standard InChI is InChI=1S/C15H25ClO.C13H19NO.CH5N/c1-5-11-15(17,14(3,4)6-2)12-7-9-13(16)10-8-12;1-10(2)13(11(3)15)14-9-12-7-5-4-6-8-12;1-2/h7,9,17H,5-6,8,10-11H2,1-4H3;4-8,10,13-14H,9H2,1-3H3;2H2,1H3. The number of carbonyl (C=O) groups is 1. The molecular weight excluding hydrogens is 444 g/mol. The normalized spacial score (nSPS) is 16.1. The lowest BCUT2D eigenvalue weighted by molar-refractivity contribution is -0.120.